The molecule has 0 saturated carbocycles. The summed E-state index contributed by atoms with van der Waals surface area (Å²) in [6, 6.07) is 3.66. The number of aromatic nitrogens is 1. The summed E-state index contributed by atoms with van der Waals surface area (Å²) >= 11 is 0. The number of hydrogen-bond donors (Lipinski definition) is 0. The zero-order valence-electron chi connectivity index (χ0n) is 6.76. The van der Waals surface area contributed by atoms with Gasteiger partial charge in [-0.05, 0) is 17.5 Å². The average Bonchev–Trinajstić information content (AvgIpc) is 1.88. The van der Waals surface area contributed by atoms with Gasteiger partial charge in [0, 0.05) is 12.4 Å². The molecule has 0 saturated heterocycles. The first-order chi connectivity index (χ1) is 4.70. The first-order valence-corrected chi connectivity index (χ1v) is 3.12. The van der Waals surface area contributed by atoms with E-state index >= 15 is 0 Å². The van der Waals surface area contributed by atoms with Crippen LogP contribution in [0.2, 0.25) is 0 Å². The SMILES string of the molecule is [3H]c1ccc(C(C)C)cn1. The monoisotopic (exact) mass is 123 g/mol. The van der Waals surface area contributed by atoms with Crippen molar-refractivity contribution in [1.82, 2.24) is 4.98 Å². The second-order valence-electron chi connectivity index (χ2n) is 2.38. The van der Waals surface area contributed by atoms with Gasteiger partial charge in [0.1, 0.15) is 0 Å². The summed E-state index contributed by atoms with van der Waals surface area (Å²) in [4.78, 5) is 3.87. The summed E-state index contributed by atoms with van der Waals surface area (Å²) < 4.78 is 7.12. The smallest absolute Gasteiger partial charge is 0.0840 e. The predicted octanol–water partition coefficient (Wildman–Crippen LogP) is 2.21. The molecule has 0 spiro atoms. The molecule has 1 aromatic heterocycles. The Morgan fingerprint density at radius 3 is 2.89 bits per heavy atom. The molecule has 0 bridgehead atoms. The second kappa shape index (κ2) is 2.62. The largest absolute Gasteiger partial charge is 0.264 e. The molecule has 0 N–H and O–H groups in total. The van der Waals surface area contributed by atoms with E-state index in [1.54, 1.807) is 12.3 Å². The van der Waals surface area contributed by atoms with Crippen LogP contribution in [0.3, 0.4) is 0 Å². The highest BCUT2D eigenvalue weighted by Gasteiger charge is 1.94. The summed E-state index contributed by atoms with van der Waals surface area (Å²) in [5.74, 6) is 0.507. The first-order valence-electron chi connectivity index (χ1n) is 3.62. The van der Waals surface area contributed by atoms with E-state index in [0.29, 0.717) is 12.1 Å². The third-order valence-corrected chi connectivity index (χ3v) is 1.31. The van der Waals surface area contributed by atoms with Gasteiger partial charge in [-0.15, -0.1) is 0 Å². The third kappa shape index (κ3) is 1.53. The Hall–Kier alpha value is -0.850. The van der Waals surface area contributed by atoms with Gasteiger partial charge in [0.25, 0.3) is 0 Å². The zero-order chi connectivity index (χ0) is 7.56. The number of hydrogen-bond acceptors (Lipinski definition) is 1. The van der Waals surface area contributed by atoms with Crippen molar-refractivity contribution in [3.63, 3.8) is 0 Å². The van der Waals surface area contributed by atoms with Crippen LogP contribution in [0.15, 0.2) is 24.5 Å². The first kappa shape index (κ1) is 4.98. The summed E-state index contributed by atoms with van der Waals surface area (Å²) in [7, 11) is 0. The topological polar surface area (TPSA) is 12.9 Å². The van der Waals surface area contributed by atoms with E-state index in [1.807, 2.05) is 6.07 Å². The molecular formula is C8H11N. The Bertz CT molecular complexity index is 203. The Balaban J connectivity index is 2.89. The maximum absolute atomic E-state index is 7.12. The van der Waals surface area contributed by atoms with Gasteiger partial charge in [0.2, 0.25) is 0 Å². The molecule has 0 fully saturated rings. The molecule has 0 radical (unpaired) electrons. The van der Waals surface area contributed by atoms with E-state index in [0.717, 1.165) is 0 Å². The second-order valence-corrected chi connectivity index (χ2v) is 2.38. The van der Waals surface area contributed by atoms with Crippen molar-refractivity contribution in [1.29, 1.82) is 0 Å². The van der Waals surface area contributed by atoms with Crippen LogP contribution in [-0.2, 0) is 0 Å². The molecule has 1 nitrogen and oxygen atoms in total. The fourth-order valence-corrected chi connectivity index (χ4v) is 0.673. The van der Waals surface area contributed by atoms with E-state index in [4.69, 9.17) is 1.37 Å². The molecule has 0 aliphatic heterocycles. The minimum atomic E-state index is 0.337. The Morgan fingerprint density at radius 2 is 2.44 bits per heavy atom. The highest BCUT2D eigenvalue weighted by Crippen LogP contribution is 2.10. The summed E-state index contributed by atoms with van der Waals surface area (Å²) in [5, 5.41) is 0. The Morgan fingerprint density at radius 1 is 1.67 bits per heavy atom. The molecule has 0 amide bonds. The van der Waals surface area contributed by atoms with Crippen LogP contribution in [0, 0.1) is 0 Å². The van der Waals surface area contributed by atoms with Crippen molar-refractivity contribution < 1.29 is 1.37 Å². The van der Waals surface area contributed by atoms with Gasteiger partial charge < -0.3 is 0 Å². The standard InChI is InChI=1S/C8H11N/c1-7(2)8-4-3-5-9-6-8/h3-7H,1-2H3/i5T. The van der Waals surface area contributed by atoms with Gasteiger partial charge >= 0.3 is 0 Å². The Kier molecular flexibility index (Phi) is 1.45. The van der Waals surface area contributed by atoms with Crippen molar-refractivity contribution in [2.45, 2.75) is 19.8 Å². The number of nitrogens with zero attached hydrogens (tertiary/aromatic N) is 1. The van der Waals surface area contributed by atoms with E-state index in [2.05, 4.69) is 18.8 Å². The van der Waals surface area contributed by atoms with Crippen LogP contribution in [0.1, 0.15) is 26.7 Å². The maximum Gasteiger partial charge on any atom is 0.0840 e. The van der Waals surface area contributed by atoms with Crippen LogP contribution in [-0.4, -0.2) is 4.98 Å². The molecule has 0 unspecified atom stereocenters. The molecule has 1 rings (SSSR count). The van der Waals surface area contributed by atoms with Crippen molar-refractivity contribution in [3.05, 3.63) is 30.1 Å². The fourth-order valence-electron chi connectivity index (χ4n) is 0.673. The van der Waals surface area contributed by atoms with Gasteiger partial charge in [-0.1, -0.05) is 19.9 Å². The summed E-state index contributed by atoms with van der Waals surface area (Å²) in [6.07, 6.45) is 2.09. The molecule has 0 atom stereocenters. The summed E-state index contributed by atoms with van der Waals surface area (Å²) in [6.45, 7) is 4.22. The Labute approximate surface area is 57.2 Å². The molecule has 1 aromatic rings. The van der Waals surface area contributed by atoms with Crippen molar-refractivity contribution >= 4 is 0 Å². The minimum absolute atomic E-state index is 0.337. The van der Waals surface area contributed by atoms with Gasteiger partial charge in [-0.3, -0.25) is 4.98 Å². The minimum Gasteiger partial charge on any atom is -0.264 e. The summed E-state index contributed by atoms with van der Waals surface area (Å²) in [5.41, 5.74) is 1.19. The van der Waals surface area contributed by atoms with Gasteiger partial charge in [-0.25, -0.2) is 0 Å². The third-order valence-electron chi connectivity index (χ3n) is 1.31. The van der Waals surface area contributed by atoms with Gasteiger partial charge in [-0.2, -0.15) is 0 Å². The lowest BCUT2D eigenvalue weighted by atomic mass is 10.1. The lowest BCUT2D eigenvalue weighted by molar-refractivity contribution is 0.858. The number of pyridine rings is 1. The van der Waals surface area contributed by atoms with Crippen LogP contribution >= 0.6 is 0 Å². The van der Waals surface area contributed by atoms with Gasteiger partial charge in [0.15, 0.2) is 0 Å². The van der Waals surface area contributed by atoms with Crippen LogP contribution < -0.4 is 0 Å². The molecule has 1 heteroatoms. The molecule has 0 aliphatic rings. The lowest BCUT2D eigenvalue weighted by Crippen LogP contribution is -1.85. The van der Waals surface area contributed by atoms with E-state index in [9.17, 15) is 0 Å². The predicted molar refractivity (Wildman–Crippen MR) is 38.3 cm³/mol. The molecule has 1 heterocycles. The van der Waals surface area contributed by atoms with Crippen LogP contribution in [0.5, 0.6) is 0 Å². The fraction of sp³-hybridized carbons (Fsp3) is 0.375. The van der Waals surface area contributed by atoms with Crippen molar-refractivity contribution in [3.8, 4) is 0 Å². The molecular weight excluding hydrogens is 110 g/mol. The highest BCUT2D eigenvalue weighted by atomic mass is 14.6. The number of rotatable bonds is 1. The van der Waals surface area contributed by atoms with Crippen molar-refractivity contribution in [2.24, 2.45) is 0 Å². The maximum atomic E-state index is 7.12. The van der Waals surface area contributed by atoms with Gasteiger partial charge in [0.05, 0.1) is 1.37 Å². The van der Waals surface area contributed by atoms with E-state index < -0.39 is 0 Å². The molecule has 0 aliphatic carbocycles. The lowest BCUT2D eigenvalue weighted by Gasteiger charge is -2.00. The quantitative estimate of drug-likeness (QED) is 0.558. The molecule has 48 valence electrons. The molecule has 9 heavy (non-hydrogen) atoms. The zero-order valence-corrected chi connectivity index (χ0v) is 5.76. The average molecular weight is 123 g/mol. The highest BCUT2D eigenvalue weighted by molar-refractivity contribution is 5.12. The molecule has 0 aromatic carbocycles. The van der Waals surface area contributed by atoms with E-state index in [1.165, 1.54) is 5.56 Å². The van der Waals surface area contributed by atoms with Crippen LogP contribution in [0.4, 0.5) is 0 Å². The van der Waals surface area contributed by atoms with Crippen molar-refractivity contribution in [2.75, 3.05) is 0 Å². The van der Waals surface area contributed by atoms with E-state index in [-0.39, 0.29) is 0 Å². The normalized spacial score (nSPS) is 11.7. The van der Waals surface area contributed by atoms with Crippen LogP contribution in [0.25, 0.3) is 0 Å².